The number of pyridine rings is 1. The molecule has 0 saturated heterocycles. The number of hydrogen-bond acceptors (Lipinski definition) is 7. The highest BCUT2D eigenvalue weighted by Crippen LogP contribution is 2.23. The van der Waals surface area contributed by atoms with Gasteiger partial charge in [0.25, 0.3) is 0 Å². The summed E-state index contributed by atoms with van der Waals surface area (Å²) in [7, 11) is 0. The van der Waals surface area contributed by atoms with Crippen LogP contribution in [0.25, 0.3) is 0 Å². The van der Waals surface area contributed by atoms with Crippen LogP contribution in [0, 0.1) is 17.0 Å². The quantitative estimate of drug-likeness (QED) is 0.470. The largest absolute Gasteiger partial charge is 0.506 e. The highest BCUT2D eigenvalue weighted by atomic mass is 16.6. The van der Waals surface area contributed by atoms with E-state index in [9.17, 15) is 15.2 Å². The Bertz CT molecular complexity index is 570. The van der Waals surface area contributed by atoms with E-state index in [0.29, 0.717) is 16.8 Å². The maximum Gasteiger partial charge on any atom is 0.381 e. The first-order valence-corrected chi connectivity index (χ1v) is 5.52. The van der Waals surface area contributed by atoms with Crippen molar-refractivity contribution in [1.82, 2.24) is 15.0 Å². The zero-order valence-corrected chi connectivity index (χ0v) is 10.6. The van der Waals surface area contributed by atoms with Gasteiger partial charge in [-0.05, 0) is 16.8 Å². The number of hydrogen-bond donors (Lipinski definition) is 4. The second kappa shape index (κ2) is 7.16. The molecule has 0 amide bonds. The molecule has 0 aliphatic carbocycles. The van der Waals surface area contributed by atoms with Crippen LogP contribution in [0.2, 0.25) is 0 Å². The molecule has 0 unspecified atom stereocenters. The standard InChI is InChI=1S/C8H11NO3.C3H3N3O2/c1-5-8(12)7(4-11)6(3-10)2-9-5;7-6(8)3-1-4-2-5-3/h2,10-12H,3-4H2,1H3;1-2H,(H,4,5). The number of aromatic hydroxyl groups is 1. The van der Waals surface area contributed by atoms with E-state index < -0.39 is 4.92 Å². The van der Waals surface area contributed by atoms with Gasteiger partial charge in [-0.1, -0.05) is 0 Å². The van der Waals surface area contributed by atoms with E-state index in [1.807, 2.05) is 0 Å². The van der Waals surface area contributed by atoms with Gasteiger partial charge in [-0.25, -0.2) is 0 Å². The van der Waals surface area contributed by atoms with E-state index in [2.05, 4.69) is 15.0 Å². The van der Waals surface area contributed by atoms with Gasteiger partial charge >= 0.3 is 5.82 Å². The Morgan fingerprint density at radius 3 is 2.45 bits per heavy atom. The van der Waals surface area contributed by atoms with Gasteiger partial charge in [0.15, 0.2) is 0 Å². The third-order valence-corrected chi connectivity index (χ3v) is 2.43. The smallest absolute Gasteiger partial charge is 0.381 e. The lowest BCUT2D eigenvalue weighted by Gasteiger charge is -2.07. The summed E-state index contributed by atoms with van der Waals surface area (Å²) in [5.74, 6) is -0.186. The molecule has 2 aromatic heterocycles. The molecule has 0 bridgehead atoms. The Kier molecular flexibility index (Phi) is 5.56. The van der Waals surface area contributed by atoms with Crippen molar-refractivity contribution in [3.63, 3.8) is 0 Å². The highest BCUT2D eigenvalue weighted by Gasteiger charge is 2.09. The molecule has 9 heteroatoms. The first-order chi connectivity index (χ1) is 9.51. The molecule has 0 saturated carbocycles. The van der Waals surface area contributed by atoms with Gasteiger partial charge in [0.05, 0.1) is 18.9 Å². The zero-order chi connectivity index (χ0) is 15.1. The van der Waals surface area contributed by atoms with Crippen molar-refractivity contribution in [2.75, 3.05) is 0 Å². The van der Waals surface area contributed by atoms with Crippen molar-refractivity contribution in [3.05, 3.63) is 45.7 Å². The molecule has 108 valence electrons. The molecule has 0 spiro atoms. The van der Waals surface area contributed by atoms with E-state index in [-0.39, 0.29) is 24.8 Å². The van der Waals surface area contributed by atoms with Gasteiger partial charge in [-0.2, -0.15) is 0 Å². The first-order valence-electron chi connectivity index (χ1n) is 5.52. The summed E-state index contributed by atoms with van der Waals surface area (Å²) < 4.78 is 0. The van der Waals surface area contributed by atoms with Crippen LogP contribution in [0.15, 0.2) is 18.7 Å². The number of aromatic nitrogens is 3. The molecule has 4 N–H and O–H groups in total. The Balaban J connectivity index is 0.000000217. The van der Waals surface area contributed by atoms with Crippen LogP contribution in [0.3, 0.4) is 0 Å². The number of aliphatic hydroxyl groups is 2. The summed E-state index contributed by atoms with van der Waals surface area (Å²) in [6, 6.07) is 0. The van der Waals surface area contributed by atoms with Crippen molar-refractivity contribution in [2.45, 2.75) is 20.1 Å². The average Bonchev–Trinajstić information content (AvgIpc) is 2.96. The molecule has 0 aromatic carbocycles. The number of rotatable bonds is 3. The summed E-state index contributed by atoms with van der Waals surface area (Å²) in [4.78, 5) is 18.9. The molecule has 0 fully saturated rings. The summed E-state index contributed by atoms with van der Waals surface area (Å²) in [5, 5.41) is 36.8. The van der Waals surface area contributed by atoms with Crippen LogP contribution in [-0.4, -0.2) is 35.2 Å². The van der Waals surface area contributed by atoms with E-state index >= 15 is 0 Å². The fourth-order valence-electron chi connectivity index (χ4n) is 1.35. The van der Waals surface area contributed by atoms with Crippen LogP contribution in [-0.2, 0) is 13.2 Å². The van der Waals surface area contributed by atoms with Crippen LogP contribution < -0.4 is 0 Å². The van der Waals surface area contributed by atoms with E-state index in [1.54, 1.807) is 6.92 Å². The van der Waals surface area contributed by atoms with Gasteiger partial charge in [0.1, 0.15) is 11.9 Å². The lowest BCUT2D eigenvalue weighted by molar-refractivity contribution is -0.389. The third kappa shape index (κ3) is 3.73. The van der Waals surface area contributed by atoms with E-state index in [4.69, 9.17) is 10.2 Å². The second-order valence-electron chi connectivity index (χ2n) is 3.70. The number of H-pyrrole nitrogens is 1. The fourth-order valence-corrected chi connectivity index (χ4v) is 1.35. The summed E-state index contributed by atoms with van der Waals surface area (Å²) in [6.45, 7) is 1.12. The van der Waals surface area contributed by atoms with Crippen molar-refractivity contribution >= 4 is 5.82 Å². The number of imidazole rings is 1. The van der Waals surface area contributed by atoms with Crippen molar-refractivity contribution in [1.29, 1.82) is 0 Å². The van der Waals surface area contributed by atoms with E-state index in [0.717, 1.165) is 0 Å². The lowest BCUT2D eigenvalue weighted by Crippen LogP contribution is -1.98. The zero-order valence-electron chi connectivity index (χ0n) is 10.6. The lowest BCUT2D eigenvalue weighted by atomic mass is 10.1. The highest BCUT2D eigenvalue weighted by molar-refractivity contribution is 5.39. The predicted molar refractivity (Wildman–Crippen MR) is 67.7 cm³/mol. The molecule has 2 rings (SSSR count). The fraction of sp³-hybridized carbons (Fsp3) is 0.273. The number of aliphatic hydroxyl groups excluding tert-OH is 2. The minimum absolute atomic E-state index is 0.0379. The molecular weight excluding hydrogens is 268 g/mol. The SMILES string of the molecule is Cc1ncc(CO)c(CO)c1O.O=[N+]([O-])c1c[nH]cn1. The number of nitrogens with one attached hydrogen (secondary N) is 1. The molecule has 0 atom stereocenters. The third-order valence-electron chi connectivity index (χ3n) is 2.43. The molecule has 2 heterocycles. The predicted octanol–water partition coefficient (Wildman–Crippen LogP) is 0.398. The summed E-state index contributed by atoms with van der Waals surface area (Å²) in [5.41, 5.74) is 1.27. The van der Waals surface area contributed by atoms with Gasteiger partial charge in [0, 0.05) is 17.3 Å². The minimum Gasteiger partial charge on any atom is -0.506 e. The number of nitro groups is 1. The first kappa shape index (κ1) is 15.5. The van der Waals surface area contributed by atoms with Crippen LogP contribution >= 0.6 is 0 Å². The monoisotopic (exact) mass is 282 g/mol. The van der Waals surface area contributed by atoms with Crippen molar-refractivity contribution in [2.24, 2.45) is 0 Å². The molecule has 0 aliphatic rings. The van der Waals surface area contributed by atoms with Gasteiger partial charge in [0.2, 0.25) is 6.33 Å². The van der Waals surface area contributed by atoms with Gasteiger partial charge in [-0.15, -0.1) is 0 Å². The number of aromatic amines is 1. The Labute approximate surface area is 113 Å². The maximum absolute atomic E-state index is 9.79. The van der Waals surface area contributed by atoms with Crippen molar-refractivity contribution in [3.8, 4) is 5.75 Å². The Morgan fingerprint density at radius 1 is 1.35 bits per heavy atom. The Hall–Kier alpha value is -2.52. The second-order valence-corrected chi connectivity index (χ2v) is 3.70. The minimum atomic E-state index is -0.559. The molecular formula is C11H14N4O5. The normalized spacial score (nSPS) is 9.75. The van der Waals surface area contributed by atoms with Crippen molar-refractivity contribution < 1.29 is 20.2 Å². The number of nitrogens with zero attached hydrogens (tertiary/aromatic N) is 3. The Morgan fingerprint density at radius 2 is 2.05 bits per heavy atom. The maximum atomic E-state index is 9.79. The van der Waals surface area contributed by atoms with Gasteiger partial charge in [-0.3, -0.25) is 4.98 Å². The molecule has 0 radical (unpaired) electrons. The molecule has 20 heavy (non-hydrogen) atoms. The number of aryl methyl sites for hydroxylation is 1. The van der Waals surface area contributed by atoms with Crippen LogP contribution in [0.1, 0.15) is 16.8 Å². The topological polar surface area (TPSA) is 145 Å². The summed E-state index contributed by atoms with van der Waals surface area (Å²) in [6.07, 6.45) is 3.93. The van der Waals surface area contributed by atoms with Crippen LogP contribution in [0.5, 0.6) is 5.75 Å². The molecule has 0 aliphatic heterocycles. The molecule has 2 aromatic rings. The van der Waals surface area contributed by atoms with E-state index in [1.165, 1.54) is 18.7 Å². The molecule has 9 nitrogen and oxygen atoms in total. The van der Waals surface area contributed by atoms with Crippen LogP contribution in [0.4, 0.5) is 5.82 Å². The average molecular weight is 282 g/mol. The summed E-state index contributed by atoms with van der Waals surface area (Å²) >= 11 is 0. The van der Waals surface area contributed by atoms with Gasteiger partial charge < -0.3 is 30.4 Å².